The Bertz CT molecular complexity index is 2190. The van der Waals surface area contributed by atoms with Gasteiger partial charge in [-0.3, -0.25) is 9.78 Å². The molecule has 3 aromatic heterocycles. The fourth-order valence-corrected chi connectivity index (χ4v) is 7.28. The number of anilines is 3. The third-order valence-electron chi connectivity index (χ3n) is 10.2. The number of imidazole rings is 1. The number of nitrogens with one attached hydrogen (secondary N) is 1. The summed E-state index contributed by atoms with van der Waals surface area (Å²) in [5, 5.41) is 7.76. The molecule has 0 unspecified atom stereocenters. The van der Waals surface area contributed by atoms with Crippen LogP contribution in [0.3, 0.4) is 0 Å². The zero-order chi connectivity index (χ0) is 37.7. The normalized spacial score (nSPS) is 18.0. The van der Waals surface area contributed by atoms with Gasteiger partial charge in [-0.25, -0.2) is 18.7 Å². The molecule has 1 N–H and O–H groups in total. The van der Waals surface area contributed by atoms with Crippen molar-refractivity contribution >= 4 is 34.8 Å². The lowest BCUT2D eigenvalue weighted by atomic mass is 9.93. The number of carbonyl (C=O) groups is 2. The van der Waals surface area contributed by atoms with Crippen LogP contribution in [0.25, 0.3) is 16.9 Å². The lowest BCUT2D eigenvalue weighted by Crippen LogP contribution is -2.52. The van der Waals surface area contributed by atoms with Gasteiger partial charge < -0.3 is 29.5 Å². The van der Waals surface area contributed by atoms with Crippen molar-refractivity contribution in [1.82, 2.24) is 29.8 Å². The van der Waals surface area contributed by atoms with Gasteiger partial charge >= 0.3 is 6.09 Å². The first-order valence-electron chi connectivity index (χ1n) is 18.4. The molecule has 2 aliphatic heterocycles. The maximum Gasteiger partial charge on any atom is 0.410 e. The second-order valence-corrected chi connectivity index (χ2v) is 15.5. The molecular weight excluding hydrogens is 688 g/mol. The monoisotopic (exact) mass is 732 g/mol. The SMILES string of the molecule is COc1ccc(CN(C)c2cc(N3CCc4c(-c5ccc(CC6CN(C(=O)OC(C)(C)C)C6)cn5)cccc43)nn3c(C(=O)N[C@@H]4C[C@@H]4F)cnc23)cc1. The van der Waals surface area contributed by atoms with Crippen molar-refractivity contribution in [2.24, 2.45) is 5.92 Å². The Morgan fingerprint density at radius 3 is 2.46 bits per heavy atom. The Labute approximate surface area is 313 Å². The van der Waals surface area contributed by atoms with E-state index < -0.39 is 23.7 Å². The van der Waals surface area contributed by atoms with E-state index in [0.717, 1.165) is 52.4 Å². The van der Waals surface area contributed by atoms with Gasteiger partial charge in [0.2, 0.25) is 0 Å². The molecule has 12 nitrogen and oxygen atoms in total. The molecule has 1 saturated carbocycles. The topological polar surface area (TPSA) is 117 Å². The number of aromatic nitrogens is 4. The number of nitrogens with zero attached hydrogens (tertiary/aromatic N) is 7. The van der Waals surface area contributed by atoms with Crippen LogP contribution in [-0.4, -0.2) is 88.1 Å². The van der Waals surface area contributed by atoms with Crippen LogP contribution in [0.2, 0.25) is 0 Å². The lowest BCUT2D eigenvalue weighted by molar-refractivity contribution is -0.000897. The number of methoxy groups -OCH3 is 1. The summed E-state index contributed by atoms with van der Waals surface area (Å²) in [4.78, 5) is 41.2. The van der Waals surface area contributed by atoms with Crippen molar-refractivity contribution in [3.8, 4) is 17.0 Å². The number of alkyl halides is 1. The second kappa shape index (κ2) is 13.9. The Morgan fingerprint density at radius 2 is 1.78 bits per heavy atom. The Hall–Kier alpha value is -5.72. The van der Waals surface area contributed by atoms with Crippen LogP contribution in [0.5, 0.6) is 5.75 Å². The molecule has 3 aliphatic rings. The van der Waals surface area contributed by atoms with E-state index in [-0.39, 0.29) is 11.8 Å². The number of amides is 2. The zero-order valence-electron chi connectivity index (χ0n) is 31.3. The highest BCUT2D eigenvalue weighted by Crippen LogP contribution is 2.40. The van der Waals surface area contributed by atoms with Crippen LogP contribution < -0.4 is 19.9 Å². The molecule has 5 aromatic rings. The van der Waals surface area contributed by atoms with E-state index in [1.807, 2.05) is 70.4 Å². The molecule has 13 heteroatoms. The van der Waals surface area contributed by atoms with Crippen molar-refractivity contribution < 1.29 is 23.5 Å². The van der Waals surface area contributed by atoms with Gasteiger partial charge in [0.1, 0.15) is 17.5 Å². The maximum atomic E-state index is 13.8. The number of pyridine rings is 1. The number of hydrogen-bond acceptors (Lipinski definition) is 9. The summed E-state index contributed by atoms with van der Waals surface area (Å²) in [6, 6.07) is 19.9. The molecule has 0 bridgehead atoms. The minimum Gasteiger partial charge on any atom is -0.497 e. The van der Waals surface area contributed by atoms with Crippen LogP contribution in [0.15, 0.2) is 73.1 Å². The standard InChI is InChI=1S/C41H45FN8O4/c1-41(2,3)54-40(52)48-23-27(24-48)17-26-11-14-32(43-20-26)29-7-6-8-34-30(29)15-16-49(34)37-19-35(47(4)22-25-9-12-28(53-5)13-10-25)38-44-21-36(50(38)46-37)39(51)45-33-18-31(33)42/h6-14,19-21,27,31,33H,15-18,22-24H2,1-5H3,(H,45,51)/t31-,33+/m0/s1. The quantitative estimate of drug-likeness (QED) is 0.175. The largest absolute Gasteiger partial charge is 0.497 e. The molecule has 2 fully saturated rings. The van der Waals surface area contributed by atoms with Gasteiger partial charge in [0.05, 0.1) is 30.7 Å². The summed E-state index contributed by atoms with van der Waals surface area (Å²) in [6.45, 7) is 8.26. The molecule has 54 heavy (non-hydrogen) atoms. The third-order valence-corrected chi connectivity index (χ3v) is 10.2. The van der Waals surface area contributed by atoms with Crippen LogP contribution in [0.1, 0.15) is 54.4 Å². The van der Waals surface area contributed by atoms with E-state index in [9.17, 15) is 14.0 Å². The number of halogens is 1. The van der Waals surface area contributed by atoms with Gasteiger partial charge in [-0.05, 0) is 80.5 Å². The molecule has 1 saturated heterocycles. The number of rotatable bonds is 10. The summed E-state index contributed by atoms with van der Waals surface area (Å²) in [6.07, 6.45) is 4.11. The molecule has 0 radical (unpaired) electrons. The van der Waals surface area contributed by atoms with E-state index in [0.29, 0.717) is 50.0 Å². The van der Waals surface area contributed by atoms with Gasteiger partial charge in [-0.2, -0.15) is 0 Å². The summed E-state index contributed by atoms with van der Waals surface area (Å²) in [5.74, 6) is 1.42. The van der Waals surface area contributed by atoms with E-state index in [1.165, 1.54) is 11.8 Å². The highest BCUT2D eigenvalue weighted by Gasteiger charge is 2.39. The first-order valence-corrected chi connectivity index (χ1v) is 18.4. The van der Waals surface area contributed by atoms with Gasteiger partial charge in [-0.1, -0.05) is 30.3 Å². The maximum absolute atomic E-state index is 13.8. The number of hydrogen-bond donors (Lipinski definition) is 1. The molecule has 8 rings (SSSR count). The first-order chi connectivity index (χ1) is 25.9. The Balaban J connectivity index is 1.05. The number of ether oxygens (including phenoxy) is 2. The predicted octanol–water partition coefficient (Wildman–Crippen LogP) is 6.38. The molecule has 5 heterocycles. The Morgan fingerprint density at radius 1 is 1.02 bits per heavy atom. The molecule has 2 atom stereocenters. The van der Waals surface area contributed by atoms with Gasteiger partial charge in [0.25, 0.3) is 5.91 Å². The fraction of sp³-hybridized carbons (Fsp3) is 0.390. The molecule has 2 aromatic carbocycles. The smallest absolute Gasteiger partial charge is 0.410 e. The predicted molar refractivity (Wildman–Crippen MR) is 204 cm³/mol. The summed E-state index contributed by atoms with van der Waals surface area (Å²) in [5.41, 5.74) is 7.44. The van der Waals surface area contributed by atoms with Crippen molar-refractivity contribution in [2.45, 2.75) is 64.4 Å². The average molecular weight is 733 g/mol. The first kappa shape index (κ1) is 35.3. The molecular formula is C41H45FN8O4. The van der Waals surface area contributed by atoms with Gasteiger partial charge in [0.15, 0.2) is 17.2 Å². The number of fused-ring (bicyclic) bond motifs is 2. The minimum atomic E-state index is -1.02. The summed E-state index contributed by atoms with van der Waals surface area (Å²) in [7, 11) is 3.63. The van der Waals surface area contributed by atoms with Crippen LogP contribution in [0, 0.1) is 5.92 Å². The van der Waals surface area contributed by atoms with Crippen LogP contribution >= 0.6 is 0 Å². The number of likely N-dealkylation sites (tertiary alicyclic amines) is 1. The van der Waals surface area contributed by atoms with E-state index in [4.69, 9.17) is 19.6 Å². The molecule has 280 valence electrons. The van der Waals surface area contributed by atoms with Gasteiger partial charge in [0, 0.05) is 63.2 Å². The molecule has 1 aliphatic carbocycles. The van der Waals surface area contributed by atoms with E-state index in [1.54, 1.807) is 16.5 Å². The fourth-order valence-electron chi connectivity index (χ4n) is 7.28. The van der Waals surface area contributed by atoms with Gasteiger partial charge in [-0.15, -0.1) is 5.10 Å². The third kappa shape index (κ3) is 7.14. The zero-order valence-corrected chi connectivity index (χ0v) is 31.3. The second-order valence-electron chi connectivity index (χ2n) is 15.5. The Kier molecular flexibility index (Phi) is 9.11. The van der Waals surface area contributed by atoms with Crippen LogP contribution in [-0.2, 0) is 24.1 Å². The summed E-state index contributed by atoms with van der Waals surface area (Å²) >= 11 is 0. The van der Waals surface area contributed by atoms with E-state index in [2.05, 4.69) is 44.4 Å². The number of benzene rings is 2. The van der Waals surface area contributed by atoms with Crippen LogP contribution in [0.4, 0.5) is 26.4 Å². The number of carbonyl (C=O) groups excluding carboxylic acids is 2. The minimum absolute atomic E-state index is 0.252. The van der Waals surface area contributed by atoms with Crippen molar-refractivity contribution in [3.05, 3.63) is 95.4 Å². The molecule has 0 spiro atoms. The highest BCUT2D eigenvalue weighted by atomic mass is 19.1. The molecule has 2 amide bonds. The lowest BCUT2D eigenvalue weighted by Gasteiger charge is -2.39. The summed E-state index contributed by atoms with van der Waals surface area (Å²) < 4.78 is 26.2. The van der Waals surface area contributed by atoms with Crippen molar-refractivity contribution in [2.75, 3.05) is 43.6 Å². The van der Waals surface area contributed by atoms with Crippen molar-refractivity contribution in [3.63, 3.8) is 0 Å². The average Bonchev–Trinajstić information content (AvgIpc) is 3.47. The highest BCUT2D eigenvalue weighted by molar-refractivity contribution is 5.94. The van der Waals surface area contributed by atoms with E-state index >= 15 is 0 Å². The van der Waals surface area contributed by atoms with Crippen molar-refractivity contribution in [1.29, 1.82) is 0 Å².